The first-order valence-electron chi connectivity index (χ1n) is 10.9. The molecule has 4 heterocycles. The molecule has 2 aromatic heterocycles. The molecule has 1 N–H and O–H groups in total. The molecule has 166 valence electrons. The van der Waals surface area contributed by atoms with Gasteiger partial charge in [0.05, 0.1) is 12.2 Å². The summed E-state index contributed by atoms with van der Waals surface area (Å²) in [5, 5.41) is 0.668. The number of carbonyl (C=O) groups is 2. The van der Waals surface area contributed by atoms with Gasteiger partial charge in [0.2, 0.25) is 0 Å². The van der Waals surface area contributed by atoms with Crippen LogP contribution in [0.4, 0.5) is 4.39 Å². The number of nitrogens with zero attached hydrogens (tertiary/aromatic N) is 3. The summed E-state index contributed by atoms with van der Waals surface area (Å²) < 4.78 is 18.9. The summed E-state index contributed by atoms with van der Waals surface area (Å²) in [4.78, 5) is 37.2. The maximum atomic E-state index is 13.5. The summed E-state index contributed by atoms with van der Waals surface area (Å²) in [6.45, 7) is 1.70. The van der Waals surface area contributed by atoms with Crippen LogP contribution in [0.3, 0.4) is 0 Å². The topological polar surface area (TPSA) is 82.4 Å². The molecule has 2 atom stereocenters. The van der Waals surface area contributed by atoms with Crippen molar-refractivity contribution in [3.63, 3.8) is 0 Å². The predicted molar refractivity (Wildman–Crippen MR) is 119 cm³/mol. The number of aromatic amines is 1. The summed E-state index contributed by atoms with van der Waals surface area (Å²) in [7, 11) is 0. The summed E-state index contributed by atoms with van der Waals surface area (Å²) >= 11 is 0. The number of H-pyrrole nitrogens is 1. The Hall–Kier alpha value is -3.94. The second-order valence-electron chi connectivity index (χ2n) is 8.78. The van der Waals surface area contributed by atoms with Crippen LogP contribution in [0.25, 0.3) is 22.2 Å². The molecule has 7 nitrogen and oxygen atoms in total. The molecule has 2 aliphatic heterocycles. The van der Waals surface area contributed by atoms with Crippen LogP contribution in [0.5, 0.6) is 0 Å². The third-order valence-corrected chi connectivity index (χ3v) is 6.60. The van der Waals surface area contributed by atoms with Gasteiger partial charge in [-0.2, -0.15) is 0 Å². The Balaban J connectivity index is 1.21. The van der Waals surface area contributed by atoms with E-state index in [9.17, 15) is 14.0 Å². The molecule has 2 aromatic carbocycles. The maximum Gasteiger partial charge on any atom is 0.270 e. The molecule has 0 radical (unpaired) electrons. The minimum atomic E-state index is -0.335. The Morgan fingerprint density at radius 3 is 2.82 bits per heavy atom. The molecule has 2 unspecified atom stereocenters. The van der Waals surface area contributed by atoms with E-state index < -0.39 is 0 Å². The highest BCUT2D eigenvalue weighted by molar-refractivity contribution is 5.98. The van der Waals surface area contributed by atoms with Crippen molar-refractivity contribution in [2.24, 2.45) is 5.92 Å². The number of aromatic nitrogens is 2. The van der Waals surface area contributed by atoms with Gasteiger partial charge in [-0.3, -0.25) is 9.59 Å². The number of hydrogen-bond donors (Lipinski definition) is 1. The van der Waals surface area contributed by atoms with E-state index in [4.69, 9.17) is 4.42 Å². The number of nitrogens with one attached hydrogen (secondary N) is 1. The first-order chi connectivity index (χ1) is 16.0. The van der Waals surface area contributed by atoms with Crippen molar-refractivity contribution >= 4 is 22.7 Å². The Bertz CT molecular complexity index is 1360. The summed E-state index contributed by atoms with van der Waals surface area (Å²) in [5.41, 5.74) is 2.55. The summed E-state index contributed by atoms with van der Waals surface area (Å²) in [6, 6.07) is 13.4. The third kappa shape index (κ3) is 3.47. The highest BCUT2D eigenvalue weighted by Gasteiger charge is 2.42. The number of amides is 2. The van der Waals surface area contributed by atoms with Crippen LogP contribution in [-0.4, -0.2) is 57.3 Å². The van der Waals surface area contributed by atoms with Crippen molar-refractivity contribution in [2.45, 2.75) is 12.5 Å². The fraction of sp³-hybridized carbons (Fsp3) is 0.240. The van der Waals surface area contributed by atoms with E-state index in [1.165, 1.54) is 18.5 Å². The van der Waals surface area contributed by atoms with Crippen LogP contribution in [0, 0.1) is 11.7 Å². The number of fused-ring (bicyclic) bond motifs is 3. The lowest BCUT2D eigenvalue weighted by Crippen LogP contribution is -2.46. The second kappa shape index (κ2) is 7.58. The van der Waals surface area contributed by atoms with Gasteiger partial charge < -0.3 is 19.2 Å². The Kier molecular flexibility index (Phi) is 4.53. The van der Waals surface area contributed by atoms with Crippen molar-refractivity contribution < 1.29 is 18.4 Å². The molecule has 4 aromatic rings. The van der Waals surface area contributed by atoms with Crippen LogP contribution in [-0.2, 0) is 0 Å². The van der Waals surface area contributed by atoms with Gasteiger partial charge in [0.15, 0.2) is 12.2 Å². The number of piperidine rings is 1. The highest BCUT2D eigenvalue weighted by Crippen LogP contribution is 2.32. The zero-order valence-corrected chi connectivity index (χ0v) is 17.7. The molecule has 2 bridgehead atoms. The van der Waals surface area contributed by atoms with Gasteiger partial charge >= 0.3 is 0 Å². The third-order valence-electron chi connectivity index (χ3n) is 6.60. The zero-order valence-electron chi connectivity index (χ0n) is 17.7. The highest BCUT2D eigenvalue weighted by atomic mass is 19.1. The van der Waals surface area contributed by atoms with Crippen LogP contribution in [0.1, 0.15) is 27.3 Å². The molecule has 2 aliphatic rings. The van der Waals surface area contributed by atoms with Gasteiger partial charge in [-0.15, -0.1) is 0 Å². The molecule has 2 amide bonds. The minimum Gasteiger partial charge on any atom is -0.444 e. The predicted octanol–water partition coefficient (Wildman–Crippen LogP) is 3.95. The van der Waals surface area contributed by atoms with Crippen molar-refractivity contribution in [3.05, 3.63) is 78.2 Å². The number of halogens is 1. The first kappa shape index (κ1) is 19.7. The minimum absolute atomic E-state index is 0.0315. The van der Waals surface area contributed by atoms with Crippen LogP contribution in [0.2, 0.25) is 0 Å². The Morgan fingerprint density at radius 2 is 1.97 bits per heavy atom. The molecule has 6 rings (SSSR count). The van der Waals surface area contributed by atoms with E-state index in [1.807, 2.05) is 23.1 Å². The molecule has 0 saturated carbocycles. The van der Waals surface area contributed by atoms with Crippen molar-refractivity contribution in [1.29, 1.82) is 0 Å². The van der Waals surface area contributed by atoms with Crippen LogP contribution >= 0.6 is 0 Å². The lowest BCUT2D eigenvalue weighted by Gasteiger charge is -2.32. The van der Waals surface area contributed by atoms with E-state index >= 15 is 0 Å². The van der Waals surface area contributed by atoms with Gasteiger partial charge in [0, 0.05) is 41.7 Å². The lowest BCUT2D eigenvalue weighted by molar-refractivity contribution is 0.0615. The number of benzene rings is 2. The number of hydrogen-bond acceptors (Lipinski definition) is 4. The Morgan fingerprint density at radius 1 is 1.06 bits per heavy atom. The smallest absolute Gasteiger partial charge is 0.270 e. The van der Waals surface area contributed by atoms with Gasteiger partial charge in [-0.1, -0.05) is 12.1 Å². The van der Waals surface area contributed by atoms with E-state index in [-0.39, 0.29) is 29.6 Å². The van der Waals surface area contributed by atoms with Gasteiger partial charge in [0.1, 0.15) is 11.5 Å². The number of oxazole rings is 1. The fourth-order valence-corrected chi connectivity index (χ4v) is 5.09. The average Bonchev–Trinajstić information content (AvgIpc) is 3.57. The van der Waals surface area contributed by atoms with E-state index in [2.05, 4.69) is 9.97 Å². The van der Waals surface area contributed by atoms with E-state index in [0.29, 0.717) is 42.0 Å². The van der Waals surface area contributed by atoms with Gasteiger partial charge in [-0.25, -0.2) is 9.37 Å². The molecule has 8 heteroatoms. The molecule has 0 spiro atoms. The fourth-order valence-electron chi connectivity index (χ4n) is 5.09. The number of rotatable bonds is 3. The van der Waals surface area contributed by atoms with E-state index in [0.717, 1.165) is 17.5 Å². The molecular weight excluding hydrogens is 423 g/mol. The standard InChI is InChI=1S/C25H21FN4O3/c26-19-4-5-21-18(8-19)9-22(28-21)25(32)29-11-15-6-20(13-29)30(12-15)24(31)17-3-1-2-16(7-17)23-10-27-14-33-23/h1-5,7-10,14-15,20,28H,6,11-13H2. The van der Waals surface area contributed by atoms with Gasteiger partial charge in [0.25, 0.3) is 11.8 Å². The lowest BCUT2D eigenvalue weighted by atomic mass is 9.99. The normalized spacial score (nSPS) is 19.9. The summed E-state index contributed by atoms with van der Waals surface area (Å²) in [5.74, 6) is 0.343. The van der Waals surface area contributed by atoms with Crippen molar-refractivity contribution in [2.75, 3.05) is 19.6 Å². The second-order valence-corrected chi connectivity index (χ2v) is 8.78. The SMILES string of the molecule is O=C(c1cc2cc(F)ccc2[nH]1)N1CC2CC(C1)N(C(=O)c1cccc(-c3cnco3)c1)C2. The number of carbonyl (C=O) groups excluding carboxylic acids is 2. The molecular formula is C25H21FN4O3. The maximum absolute atomic E-state index is 13.5. The molecule has 0 aliphatic carbocycles. The van der Waals surface area contributed by atoms with Crippen LogP contribution in [0.15, 0.2) is 65.5 Å². The molecule has 33 heavy (non-hydrogen) atoms. The van der Waals surface area contributed by atoms with Crippen molar-refractivity contribution in [1.82, 2.24) is 19.8 Å². The van der Waals surface area contributed by atoms with Crippen molar-refractivity contribution in [3.8, 4) is 11.3 Å². The quantitative estimate of drug-likeness (QED) is 0.519. The molecule has 2 fully saturated rings. The summed E-state index contributed by atoms with van der Waals surface area (Å²) in [6.07, 6.45) is 3.87. The van der Waals surface area contributed by atoms with E-state index in [1.54, 1.807) is 29.3 Å². The largest absolute Gasteiger partial charge is 0.444 e. The monoisotopic (exact) mass is 444 g/mol. The average molecular weight is 444 g/mol. The van der Waals surface area contributed by atoms with Gasteiger partial charge in [-0.05, 0) is 48.7 Å². The Labute approximate surface area is 188 Å². The zero-order chi connectivity index (χ0) is 22.5. The van der Waals surface area contributed by atoms with Crippen LogP contribution < -0.4 is 0 Å². The molecule has 2 saturated heterocycles. The number of likely N-dealkylation sites (tertiary alicyclic amines) is 2. The first-order valence-corrected chi connectivity index (χ1v) is 10.9.